The van der Waals surface area contributed by atoms with E-state index in [0.717, 1.165) is 0 Å². The van der Waals surface area contributed by atoms with Gasteiger partial charge in [-0.15, -0.1) is 0 Å². The van der Waals surface area contributed by atoms with Crippen LogP contribution in [-0.2, 0) is 0 Å². The number of halogens is 3. The van der Waals surface area contributed by atoms with Gasteiger partial charge in [0.1, 0.15) is 18.3 Å². The monoisotopic (exact) mass is 416 g/mol. The van der Waals surface area contributed by atoms with Crippen LogP contribution in [0.2, 0.25) is 0 Å². The van der Waals surface area contributed by atoms with Gasteiger partial charge in [0.25, 0.3) is 0 Å². The Morgan fingerprint density at radius 1 is 1.00 bits per heavy atom. The summed E-state index contributed by atoms with van der Waals surface area (Å²) < 4.78 is -4.49. The van der Waals surface area contributed by atoms with E-state index in [0.29, 0.717) is 0 Å². The first-order valence-electron chi connectivity index (χ1n) is 3.72. The number of hydrogen-bond donors (Lipinski definition) is 6. The van der Waals surface area contributed by atoms with Gasteiger partial charge in [-0.1, -0.05) is 0 Å². The molecule has 4 atom stereocenters. The van der Waals surface area contributed by atoms with E-state index in [1.807, 2.05) is 0 Å². The number of aliphatic hydroxyl groups is 6. The van der Waals surface area contributed by atoms with Crippen LogP contribution in [0.15, 0.2) is 0 Å². The van der Waals surface area contributed by atoms with E-state index in [4.69, 9.17) is 10.2 Å². The van der Waals surface area contributed by atoms with E-state index in [-0.39, 0.29) is 0 Å². The summed E-state index contributed by atoms with van der Waals surface area (Å²) in [7, 11) is 0. The molecule has 0 aliphatic heterocycles. The molecule has 6 N–H and O–H groups in total. The molecule has 0 saturated carbocycles. The van der Waals surface area contributed by atoms with Crippen LogP contribution in [0.1, 0.15) is 0 Å². The number of aliphatic hydroxyl groups excluding tert-OH is 4. The van der Waals surface area contributed by atoms with Crippen molar-refractivity contribution in [2.24, 2.45) is 0 Å². The molecule has 9 heteroatoms. The van der Waals surface area contributed by atoms with Gasteiger partial charge in [0.05, 0.1) is 6.61 Å². The van der Waals surface area contributed by atoms with Gasteiger partial charge >= 0.3 is 0 Å². The Hall–Kier alpha value is 1.20. The van der Waals surface area contributed by atoms with E-state index in [2.05, 4.69) is 47.8 Å². The summed E-state index contributed by atoms with van der Waals surface area (Å²) in [6.45, 7) is -0.801. The average molecular weight is 419 g/mol. The van der Waals surface area contributed by atoms with Crippen molar-refractivity contribution in [1.29, 1.82) is 0 Å². The number of hydrogen-bond acceptors (Lipinski definition) is 6. The lowest BCUT2D eigenvalue weighted by molar-refractivity contribution is -0.141. The van der Waals surface area contributed by atoms with Crippen molar-refractivity contribution >= 4 is 47.8 Å². The first-order valence-corrected chi connectivity index (χ1v) is 6.10. The highest BCUT2D eigenvalue weighted by molar-refractivity contribution is 9.26. The van der Waals surface area contributed by atoms with Crippen molar-refractivity contribution in [3.05, 3.63) is 0 Å². The molecule has 0 radical (unpaired) electrons. The van der Waals surface area contributed by atoms with E-state index in [1.165, 1.54) is 0 Å². The number of rotatable bonds is 5. The first kappa shape index (κ1) is 16.2. The van der Waals surface area contributed by atoms with Crippen molar-refractivity contribution < 1.29 is 30.6 Å². The molecule has 6 nitrogen and oxygen atoms in total. The third-order valence-corrected chi connectivity index (χ3v) is 5.03. The largest absolute Gasteiger partial charge is 0.394 e. The summed E-state index contributed by atoms with van der Waals surface area (Å²) in [4.78, 5) is 0. The van der Waals surface area contributed by atoms with Crippen LogP contribution in [0.25, 0.3) is 0 Å². The molecule has 0 fully saturated rings. The molecule has 0 aliphatic carbocycles. The minimum Gasteiger partial charge on any atom is -0.394 e. The zero-order valence-corrected chi connectivity index (χ0v) is 12.0. The molecule has 0 spiro atoms. The van der Waals surface area contributed by atoms with Crippen LogP contribution in [-0.4, -0.2) is 63.5 Å². The predicted octanol–water partition coefficient (Wildman–Crippen LogP) is -1.42. The molecule has 0 aromatic carbocycles. The smallest absolute Gasteiger partial charge is 0.217 e. The van der Waals surface area contributed by atoms with Gasteiger partial charge in [-0.05, 0) is 47.8 Å². The molecule has 0 bridgehead atoms. The zero-order chi connectivity index (χ0) is 12.4. The molecule has 15 heavy (non-hydrogen) atoms. The molecule has 0 saturated heterocycles. The van der Waals surface area contributed by atoms with Gasteiger partial charge in [0.15, 0.2) is 4.51 Å². The van der Waals surface area contributed by atoms with Crippen molar-refractivity contribution in [3.8, 4) is 0 Å². The Bertz CT molecular complexity index is 206. The minimum absolute atomic E-state index is 0.801. The molecule has 0 rings (SSSR count). The van der Waals surface area contributed by atoms with Crippen LogP contribution in [0.4, 0.5) is 0 Å². The molecule has 0 aromatic rings. The molecule has 0 heterocycles. The van der Waals surface area contributed by atoms with E-state index in [9.17, 15) is 20.4 Å². The van der Waals surface area contributed by atoms with Crippen LogP contribution in [0.5, 0.6) is 0 Å². The van der Waals surface area contributed by atoms with Crippen molar-refractivity contribution in [2.45, 2.75) is 26.2 Å². The van der Waals surface area contributed by atoms with E-state index < -0.39 is 32.8 Å². The fraction of sp³-hybridized carbons (Fsp3) is 1.00. The summed E-state index contributed by atoms with van der Waals surface area (Å²) in [5.74, 6) is 0. The van der Waals surface area contributed by atoms with Gasteiger partial charge in [-0.3, -0.25) is 0 Å². The standard InChI is InChI=1S/C6H11Br3O6/c7-5(14,6(8,9)15)4(13)3(12)2(11)1-10/h2-4,10-15H,1H2/t2-,3-,4+,5+/m1/s1. The Labute approximate surface area is 111 Å². The SMILES string of the molecule is OC[C@@H](O)[C@@H](O)[C@H](O)[C@@](O)(Br)C(O)(Br)Br. The summed E-state index contributed by atoms with van der Waals surface area (Å²) in [5.41, 5.74) is 0. The molecule has 0 amide bonds. The molecule has 92 valence electrons. The fourth-order valence-electron chi connectivity index (χ4n) is 0.723. The highest BCUT2D eigenvalue weighted by Crippen LogP contribution is 2.42. The van der Waals surface area contributed by atoms with E-state index in [1.54, 1.807) is 0 Å². The lowest BCUT2D eigenvalue weighted by atomic mass is 10.0. The second kappa shape index (κ2) is 5.69. The summed E-state index contributed by atoms with van der Waals surface area (Å²) in [5, 5.41) is 55.2. The lowest BCUT2D eigenvalue weighted by Gasteiger charge is -2.37. The Kier molecular flexibility index (Phi) is 6.15. The van der Waals surface area contributed by atoms with Crippen molar-refractivity contribution in [2.75, 3.05) is 6.61 Å². The second-order valence-corrected chi connectivity index (χ2v) is 7.47. The topological polar surface area (TPSA) is 121 Å². The Balaban J connectivity index is 4.77. The van der Waals surface area contributed by atoms with Crippen molar-refractivity contribution in [3.63, 3.8) is 0 Å². The highest BCUT2D eigenvalue weighted by atomic mass is 79.9. The predicted molar refractivity (Wildman–Crippen MR) is 61.8 cm³/mol. The normalized spacial score (nSPS) is 23.0. The fourth-order valence-corrected chi connectivity index (χ4v) is 1.46. The highest BCUT2D eigenvalue weighted by Gasteiger charge is 2.53. The first-order chi connectivity index (χ1) is 6.55. The van der Waals surface area contributed by atoms with E-state index >= 15 is 0 Å². The van der Waals surface area contributed by atoms with Crippen molar-refractivity contribution in [1.82, 2.24) is 0 Å². The van der Waals surface area contributed by atoms with Gasteiger partial charge in [-0.25, -0.2) is 0 Å². The van der Waals surface area contributed by atoms with Crippen LogP contribution in [0, 0.1) is 0 Å². The Morgan fingerprint density at radius 3 is 1.67 bits per heavy atom. The minimum atomic E-state index is -2.37. The van der Waals surface area contributed by atoms with Gasteiger partial charge in [0.2, 0.25) is 3.42 Å². The average Bonchev–Trinajstić information content (AvgIpc) is 2.12. The maximum atomic E-state index is 9.60. The molecular formula is C6H11Br3O6. The summed E-state index contributed by atoms with van der Waals surface area (Å²) in [6.07, 6.45) is -5.45. The quantitative estimate of drug-likeness (QED) is 0.305. The third-order valence-electron chi connectivity index (χ3n) is 1.72. The maximum absolute atomic E-state index is 9.60. The third kappa shape index (κ3) is 3.86. The van der Waals surface area contributed by atoms with Gasteiger partial charge in [0, 0.05) is 0 Å². The molecule has 0 aromatic heterocycles. The van der Waals surface area contributed by atoms with Gasteiger partial charge in [-0.2, -0.15) is 0 Å². The number of alkyl halides is 3. The van der Waals surface area contributed by atoms with Crippen LogP contribution in [0.3, 0.4) is 0 Å². The molecule has 0 aliphatic rings. The van der Waals surface area contributed by atoms with Gasteiger partial charge < -0.3 is 30.6 Å². The molecular weight excluding hydrogens is 408 g/mol. The second-order valence-electron chi connectivity index (χ2n) is 2.90. The summed E-state index contributed by atoms with van der Waals surface area (Å²) >= 11 is 7.78. The molecule has 0 unspecified atom stereocenters. The Morgan fingerprint density at radius 2 is 1.40 bits per heavy atom. The van der Waals surface area contributed by atoms with Crippen LogP contribution >= 0.6 is 47.8 Å². The zero-order valence-electron chi connectivity index (χ0n) is 7.26. The summed E-state index contributed by atoms with van der Waals surface area (Å²) in [6, 6.07) is 0. The lowest BCUT2D eigenvalue weighted by Crippen LogP contribution is -2.57. The maximum Gasteiger partial charge on any atom is 0.217 e. The van der Waals surface area contributed by atoms with Crippen LogP contribution < -0.4 is 0 Å².